The van der Waals surface area contributed by atoms with Crippen LogP contribution in [0.4, 0.5) is 4.79 Å². The Hall–Kier alpha value is -1.83. The van der Waals surface area contributed by atoms with E-state index in [-0.39, 0.29) is 24.7 Å². The van der Waals surface area contributed by atoms with Gasteiger partial charge in [0.2, 0.25) is 0 Å². The monoisotopic (exact) mass is 415 g/mol. The van der Waals surface area contributed by atoms with Crippen LogP contribution in [-0.4, -0.2) is 45.6 Å². The number of carbonyl (C=O) groups excluding carboxylic acids is 1. The molecule has 0 fully saturated rings. The van der Waals surface area contributed by atoms with Crippen LogP contribution >= 0.6 is 34.5 Å². The van der Waals surface area contributed by atoms with E-state index < -0.39 is 11.6 Å². The van der Waals surface area contributed by atoms with Gasteiger partial charge in [-0.1, -0.05) is 23.2 Å². The highest BCUT2D eigenvalue weighted by atomic mass is 35.5. The lowest BCUT2D eigenvalue weighted by molar-refractivity contribution is 0.0889. The van der Waals surface area contributed by atoms with Crippen LogP contribution in [0.2, 0.25) is 10.0 Å². The maximum absolute atomic E-state index is 12.5. The molecule has 0 saturated carbocycles. The summed E-state index contributed by atoms with van der Waals surface area (Å²) in [5.74, 6) is -0.378. The predicted molar refractivity (Wildman–Crippen MR) is 104 cm³/mol. The molecule has 0 unspecified atom stereocenters. The first-order chi connectivity index (χ1) is 12.1. The van der Waals surface area contributed by atoms with Crippen LogP contribution in [0.5, 0.6) is 0 Å². The number of carboxylic acid groups (broad SMARTS) is 1. The third-order valence-electron chi connectivity index (χ3n) is 3.57. The van der Waals surface area contributed by atoms with Crippen molar-refractivity contribution in [3.63, 3.8) is 0 Å². The molecule has 1 heterocycles. The minimum atomic E-state index is -1.03. The topological polar surface area (TPSA) is 82.5 Å². The van der Waals surface area contributed by atoms with Gasteiger partial charge in [-0.3, -0.25) is 4.79 Å². The van der Waals surface area contributed by atoms with Crippen LogP contribution in [0.3, 0.4) is 0 Å². The number of carbonyl (C=O) groups is 2. The van der Waals surface area contributed by atoms with Gasteiger partial charge in [0.05, 0.1) is 10.4 Å². The highest BCUT2D eigenvalue weighted by Crippen LogP contribution is 2.32. The lowest BCUT2D eigenvalue weighted by Gasteiger charge is -2.33. The Morgan fingerprint density at radius 3 is 2.38 bits per heavy atom. The van der Waals surface area contributed by atoms with Gasteiger partial charge in [-0.05, 0) is 44.5 Å². The number of hydrogen-bond acceptors (Lipinski definition) is 4. The molecule has 0 radical (unpaired) electrons. The molecule has 2 amide bonds. The van der Waals surface area contributed by atoms with Crippen molar-refractivity contribution in [2.24, 2.45) is 0 Å². The summed E-state index contributed by atoms with van der Waals surface area (Å²) in [6.07, 6.45) is -1.03. The number of thiazole rings is 1. The molecule has 2 N–H and O–H groups in total. The van der Waals surface area contributed by atoms with Gasteiger partial charge >= 0.3 is 6.09 Å². The summed E-state index contributed by atoms with van der Waals surface area (Å²) in [6.45, 7) is 5.74. The van der Waals surface area contributed by atoms with E-state index in [0.29, 0.717) is 20.5 Å². The van der Waals surface area contributed by atoms with Gasteiger partial charge in [-0.15, -0.1) is 11.3 Å². The van der Waals surface area contributed by atoms with E-state index in [9.17, 15) is 14.7 Å². The molecule has 140 valence electrons. The molecule has 1 aromatic carbocycles. The number of nitrogens with zero attached hydrogens (tertiary/aromatic N) is 2. The highest BCUT2D eigenvalue weighted by Gasteiger charge is 2.26. The molecule has 0 bridgehead atoms. The molecule has 2 aromatic rings. The molecule has 0 aliphatic rings. The normalized spacial score (nSPS) is 11.3. The van der Waals surface area contributed by atoms with Crippen molar-refractivity contribution in [1.29, 1.82) is 0 Å². The van der Waals surface area contributed by atoms with Crippen molar-refractivity contribution in [3.05, 3.63) is 39.4 Å². The van der Waals surface area contributed by atoms with Crippen LogP contribution in [0, 0.1) is 0 Å². The van der Waals surface area contributed by atoms with Gasteiger partial charge in [0.15, 0.2) is 0 Å². The van der Waals surface area contributed by atoms with Crippen LogP contribution < -0.4 is 5.32 Å². The fraction of sp³-hybridized carbons (Fsp3) is 0.353. The molecule has 0 aliphatic heterocycles. The summed E-state index contributed by atoms with van der Waals surface area (Å²) in [5.41, 5.74) is 1.97. The predicted octanol–water partition coefficient (Wildman–Crippen LogP) is 4.63. The van der Waals surface area contributed by atoms with Gasteiger partial charge in [0, 0.05) is 28.7 Å². The zero-order valence-corrected chi connectivity index (χ0v) is 16.9. The minimum absolute atomic E-state index is 0.174. The number of halogens is 2. The molecule has 0 aliphatic carbocycles. The van der Waals surface area contributed by atoms with Crippen LogP contribution in [0.15, 0.2) is 23.7 Å². The van der Waals surface area contributed by atoms with E-state index >= 15 is 0 Å². The van der Waals surface area contributed by atoms with Gasteiger partial charge in [-0.25, -0.2) is 9.78 Å². The Morgan fingerprint density at radius 1 is 1.23 bits per heavy atom. The van der Waals surface area contributed by atoms with Gasteiger partial charge in [0.25, 0.3) is 5.91 Å². The molecule has 0 atom stereocenters. The largest absolute Gasteiger partial charge is 0.465 e. The number of aromatic nitrogens is 1. The molecule has 26 heavy (non-hydrogen) atoms. The van der Waals surface area contributed by atoms with E-state index in [1.807, 2.05) is 0 Å². The Morgan fingerprint density at radius 2 is 1.85 bits per heavy atom. The van der Waals surface area contributed by atoms with Crippen LogP contribution in [0.1, 0.15) is 31.3 Å². The summed E-state index contributed by atoms with van der Waals surface area (Å²) in [5, 5.41) is 12.9. The van der Waals surface area contributed by atoms with Gasteiger partial charge < -0.3 is 15.3 Å². The van der Waals surface area contributed by atoms with Crippen molar-refractivity contribution in [3.8, 4) is 10.4 Å². The Labute approximate surface area is 165 Å². The summed E-state index contributed by atoms with van der Waals surface area (Å²) in [4.78, 5) is 29.8. The Kier molecular flexibility index (Phi) is 6.49. The second-order valence-electron chi connectivity index (χ2n) is 6.55. The maximum Gasteiger partial charge on any atom is 0.407 e. The number of benzene rings is 1. The average Bonchev–Trinajstić information content (AvgIpc) is 2.98. The molecule has 6 nitrogen and oxygen atoms in total. The van der Waals surface area contributed by atoms with Crippen molar-refractivity contribution < 1.29 is 14.7 Å². The number of amides is 2. The summed E-state index contributed by atoms with van der Waals surface area (Å²) >= 11 is 13.4. The SMILES string of the molecule is CC(C)(C)N(CCNC(=O)c1ncsc1-c1cc(Cl)cc(Cl)c1)C(=O)O. The molecule has 1 aromatic heterocycles. The van der Waals surface area contributed by atoms with Crippen LogP contribution in [0.25, 0.3) is 10.4 Å². The third-order valence-corrected chi connectivity index (χ3v) is 4.88. The number of rotatable bonds is 5. The maximum atomic E-state index is 12.5. The van der Waals surface area contributed by atoms with E-state index in [1.165, 1.54) is 16.2 Å². The van der Waals surface area contributed by atoms with Crippen molar-refractivity contribution in [2.45, 2.75) is 26.3 Å². The first-order valence-electron chi connectivity index (χ1n) is 7.78. The van der Waals surface area contributed by atoms with E-state index in [1.54, 1.807) is 44.5 Å². The minimum Gasteiger partial charge on any atom is -0.465 e. The van der Waals surface area contributed by atoms with Crippen molar-refractivity contribution in [2.75, 3.05) is 13.1 Å². The zero-order chi connectivity index (χ0) is 19.5. The lowest BCUT2D eigenvalue weighted by atomic mass is 10.1. The molecule has 2 rings (SSSR count). The second-order valence-corrected chi connectivity index (χ2v) is 8.28. The fourth-order valence-electron chi connectivity index (χ4n) is 2.38. The van der Waals surface area contributed by atoms with E-state index in [2.05, 4.69) is 10.3 Å². The fourth-order valence-corrected chi connectivity index (χ4v) is 3.68. The average molecular weight is 416 g/mol. The van der Waals surface area contributed by atoms with Crippen molar-refractivity contribution >= 4 is 46.5 Å². The first kappa shape index (κ1) is 20.5. The molecule has 0 spiro atoms. The molecule has 9 heteroatoms. The highest BCUT2D eigenvalue weighted by molar-refractivity contribution is 7.13. The Balaban J connectivity index is 2.10. The Bertz CT molecular complexity index is 798. The summed E-state index contributed by atoms with van der Waals surface area (Å²) in [7, 11) is 0. The van der Waals surface area contributed by atoms with Crippen LogP contribution in [-0.2, 0) is 0 Å². The summed E-state index contributed by atoms with van der Waals surface area (Å²) in [6, 6.07) is 5.04. The molecular formula is C17H19Cl2N3O3S. The quantitative estimate of drug-likeness (QED) is 0.745. The molecular weight excluding hydrogens is 397 g/mol. The van der Waals surface area contributed by atoms with Crippen molar-refractivity contribution in [1.82, 2.24) is 15.2 Å². The van der Waals surface area contributed by atoms with E-state index in [0.717, 1.165) is 0 Å². The molecule has 0 saturated heterocycles. The smallest absolute Gasteiger partial charge is 0.407 e. The first-order valence-corrected chi connectivity index (χ1v) is 9.42. The van der Waals surface area contributed by atoms with Gasteiger partial charge in [0.1, 0.15) is 5.69 Å². The summed E-state index contributed by atoms with van der Waals surface area (Å²) < 4.78 is 0. The van der Waals surface area contributed by atoms with E-state index in [4.69, 9.17) is 23.2 Å². The number of nitrogens with one attached hydrogen (secondary N) is 1. The zero-order valence-electron chi connectivity index (χ0n) is 14.5. The van der Waals surface area contributed by atoms with Gasteiger partial charge in [-0.2, -0.15) is 0 Å². The third kappa shape index (κ3) is 5.09. The lowest BCUT2D eigenvalue weighted by Crippen LogP contribution is -2.48. The second kappa shape index (κ2) is 8.24. The number of hydrogen-bond donors (Lipinski definition) is 2. The standard InChI is InChI=1S/C17H19Cl2N3O3S/c1-17(2,3)22(16(24)25)5-4-20-15(23)13-14(26-9-21-13)10-6-11(18)8-12(19)7-10/h6-9H,4-5H2,1-3H3,(H,20,23)(H,24,25).